The molecule has 1 atom stereocenters. The van der Waals surface area contributed by atoms with Crippen molar-refractivity contribution in [2.75, 3.05) is 5.75 Å². The van der Waals surface area contributed by atoms with Gasteiger partial charge in [0.1, 0.15) is 0 Å². The van der Waals surface area contributed by atoms with Gasteiger partial charge in [0.25, 0.3) is 0 Å². The Morgan fingerprint density at radius 1 is 0.690 bits per heavy atom. The van der Waals surface area contributed by atoms with E-state index < -0.39 is 10.9 Å². The summed E-state index contributed by atoms with van der Waals surface area (Å²) in [6.07, 6.45) is 4.01. The molecule has 0 saturated heterocycles. The molecule has 4 heteroatoms. The highest BCUT2D eigenvalue weighted by Gasteiger charge is 2.33. The molecule has 0 aliphatic carbocycles. The predicted octanol–water partition coefficient (Wildman–Crippen LogP) is 11.9. The van der Waals surface area contributed by atoms with Gasteiger partial charge in [-0.05, 0) is 65.4 Å². The third-order valence-electron chi connectivity index (χ3n) is 9.62. The van der Waals surface area contributed by atoms with Crippen LogP contribution in [0.5, 0.6) is 0 Å². The van der Waals surface area contributed by atoms with Crippen LogP contribution >= 0.6 is 11.6 Å². The van der Waals surface area contributed by atoms with E-state index in [1.807, 2.05) is 18.2 Å². The van der Waals surface area contributed by atoms with Gasteiger partial charge in [0.15, 0.2) is 15.5 Å². The summed E-state index contributed by atoms with van der Waals surface area (Å²) >= 11 is 6.04. The van der Waals surface area contributed by atoms with Crippen molar-refractivity contribution >= 4 is 56.0 Å². The van der Waals surface area contributed by atoms with Gasteiger partial charge in [-0.25, -0.2) is 0 Å². The lowest BCUT2D eigenvalue weighted by atomic mass is 9.11. The van der Waals surface area contributed by atoms with E-state index in [9.17, 15) is 4.79 Å². The van der Waals surface area contributed by atoms with Crippen molar-refractivity contribution in [3.05, 3.63) is 120 Å². The number of Topliss-reactive ketones (excluding diaryl/α,β-unsaturated/α-hetero) is 1. The standard InChI is InChI=1S/C28H20ClOS.C10H24B/c29-23-16-14-20(15-17-23)27(30)19-31(24-10-2-1-3-11-24)28-25-12-6-4-8-21(25)18-22-9-5-7-13-26(22)28;1-7-11(8-2,9-3)10(4,5)6/h1-18H,19H2;7-9H2,1-6H3/q+1;-1. The minimum absolute atomic E-state index is 0.104. The van der Waals surface area contributed by atoms with Crippen molar-refractivity contribution in [3.8, 4) is 0 Å². The first kappa shape index (κ1) is 31.9. The summed E-state index contributed by atoms with van der Waals surface area (Å²) in [6.45, 7) is 14.2. The Hall–Kier alpha value is -3.01. The molecule has 0 N–H and O–H groups in total. The lowest BCUT2D eigenvalue weighted by Gasteiger charge is -2.49. The Morgan fingerprint density at radius 3 is 1.62 bits per heavy atom. The summed E-state index contributed by atoms with van der Waals surface area (Å²) in [5.41, 5.74) is 0.697. The molecule has 0 heterocycles. The van der Waals surface area contributed by atoms with Crippen LogP contribution in [-0.4, -0.2) is 17.7 Å². The summed E-state index contributed by atoms with van der Waals surface area (Å²) in [5, 5.41) is 5.97. The van der Waals surface area contributed by atoms with Crippen LogP contribution in [0.25, 0.3) is 21.5 Å². The second kappa shape index (κ2) is 14.0. The van der Waals surface area contributed by atoms with Crippen molar-refractivity contribution in [2.45, 2.75) is 75.6 Å². The fourth-order valence-electron chi connectivity index (χ4n) is 6.65. The topological polar surface area (TPSA) is 17.1 Å². The molecule has 0 bridgehead atoms. The number of halogens is 1. The number of fused-ring (bicyclic) bond motifs is 2. The van der Waals surface area contributed by atoms with E-state index in [1.165, 1.54) is 50.3 Å². The molecule has 0 aliphatic heterocycles. The van der Waals surface area contributed by atoms with E-state index in [-0.39, 0.29) is 11.9 Å². The second-order valence-electron chi connectivity index (χ2n) is 12.5. The Labute approximate surface area is 261 Å². The van der Waals surface area contributed by atoms with Crippen LogP contribution in [0.2, 0.25) is 29.3 Å². The van der Waals surface area contributed by atoms with E-state index in [0.29, 0.717) is 21.7 Å². The monoisotopic (exact) mass is 594 g/mol. The predicted molar refractivity (Wildman–Crippen MR) is 189 cm³/mol. The maximum atomic E-state index is 13.3. The number of ketones is 1. The molecule has 218 valence electrons. The fourth-order valence-corrected chi connectivity index (χ4v) is 9.14. The average molecular weight is 595 g/mol. The molecule has 0 aromatic heterocycles. The van der Waals surface area contributed by atoms with E-state index in [2.05, 4.69) is 120 Å². The van der Waals surface area contributed by atoms with Crippen LogP contribution < -0.4 is 0 Å². The Morgan fingerprint density at radius 2 is 1.17 bits per heavy atom. The minimum Gasteiger partial charge on any atom is -0.289 e. The van der Waals surface area contributed by atoms with E-state index in [0.717, 1.165) is 0 Å². The first-order valence-electron chi connectivity index (χ1n) is 15.3. The van der Waals surface area contributed by atoms with Crippen LogP contribution in [0, 0.1) is 0 Å². The van der Waals surface area contributed by atoms with Gasteiger partial charge in [-0.3, -0.25) is 4.79 Å². The summed E-state index contributed by atoms with van der Waals surface area (Å²) < 4.78 is 0. The number of rotatable bonds is 8. The van der Waals surface area contributed by atoms with Crippen LogP contribution in [0.15, 0.2) is 119 Å². The average Bonchev–Trinajstić information content (AvgIpc) is 3.00. The van der Waals surface area contributed by atoms with Gasteiger partial charge in [0.05, 0.1) is 10.9 Å². The molecule has 0 saturated carbocycles. The van der Waals surface area contributed by atoms with Gasteiger partial charge in [0.2, 0.25) is 5.78 Å². The molecule has 0 amide bonds. The van der Waals surface area contributed by atoms with E-state index in [4.69, 9.17) is 11.6 Å². The van der Waals surface area contributed by atoms with Crippen molar-refractivity contribution < 1.29 is 4.79 Å². The maximum absolute atomic E-state index is 13.3. The van der Waals surface area contributed by atoms with Crippen LogP contribution in [-0.2, 0) is 10.9 Å². The molecule has 5 aromatic carbocycles. The highest BCUT2D eigenvalue weighted by atomic mass is 35.5. The number of hydrogen-bond donors (Lipinski definition) is 0. The molecular weight excluding hydrogens is 551 g/mol. The third-order valence-corrected chi connectivity index (χ3v) is 12.2. The van der Waals surface area contributed by atoms with Crippen molar-refractivity contribution in [1.82, 2.24) is 0 Å². The first-order valence-corrected chi connectivity index (χ1v) is 17.1. The smallest absolute Gasteiger partial charge is 0.212 e. The zero-order chi connectivity index (χ0) is 30.3. The summed E-state index contributed by atoms with van der Waals surface area (Å²) in [7, 11) is -0.419. The Bertz CT molecular complexity index is 1560. The lowest BCUT2D eigenvalue weighted by Crippen LogP contribution is -2.41. The van der Waals surface area contributed by atoms with E-state index in [1.54, 1.807) is 12.1 Å². The third kappa shape index (κ3) is 6.96. The number of benzene rings is 5. The number of hydrogen-bond acceptors (Lipinski definition) is 1. The second-order valence-corrected chi connectivity index (χ2v) is 14.9. The first-order chi connectivity index (χ1) is 20.1. The molecular formula is C38H44BClOS. The molecule has 42 heavy (non-hydrogen) atoms. The van der Waals surface area contributed by atoms with Gasteiger partial charge < -0.3 is 0 Å². The minimum atomic E-state index is -0.419. The molecule has 5 aromatic rings. The number of carbonyl (C=O) groups is 1. The molecule has 0 fully saturated rings. The van der Waals surface area contributed by atoms with Crippen LogP contribution in [0.3, 0.4) is 0 Å². The van der Waals surface area contributed by atoms with Crippen LogP contribution in [0.1, 0.15) is 51.9 Å². The highest BCUT2D eigenvalue weighted by molar-refractivity contribution is 7.98. The SMILES string of the molecule is CC[B-](CC)(CC)C(C)(C)C.O=C(C[S+](c1ccccc1)c1c2ccccc2cc2ccccc12)c1ccc(Cl)cc1. The zero-order valence-corrected chi connectivity index (χ0v) is 27.6. The zero-order valence-electron chi connectivity index (χ0n) is 26.0. The van der Waals surface area contributed by atoms with Crippen molar-refractivity contribution in [1.29, 1.82) is 0 Å². The van der Waals surface area contributed by atoms with Gasteiger partial charge in [-0.2, -0.15) is 24.3 Å². The molecule has 5 rings (SSSR count). The molecule has 1 nitrogen and oxygen atoms in total. The van der Waals surface area contributed by atoms with Gasteiger partial charge in [-0.1, -0.05) is 108 Å². The Balaban J connectivity index is 0.000000315. The summed E-state index contributed by atoms with van der Waals surface area (Å²) in [5.74, 6) is 0.546. The molecule has 0 spiro atoms. The van der Waals surface area contributed by atoms with Crippen LogP contribution in [0.4, 0.5) is 0 Å². The van der Waals surface area contributed by atoms with Gasteiger partial charge >= 0.3 is 0 Å². The molecule has 0 aliphatic rings. The summed E-state index contributed by atoms with van der Waals surface area (Å²) in [4.78, 5) is 15.8. The van der Waals surface area contributed by atoms with Gasteiger partial charge in [-0.15, -0.1) is 0 Å². The normalized spacial score (nSPS) is 12.5. The van der Waals surface area contributed by atoms with Crippen molar-refractivity contribution in [3.63, 3.8) is 0 Å². The van der Waals surface area contributed by atoms with Crippen molar-refractivity contribution in [2.24, 2.45) is 0 Å². The van der Waals surface area contributed by atoms with Gasteiger partial charge in [0, 0.05) is 27.5 Å². The lowest BCUT2D eigenvalue weighted by molar-refractivity contribution is 0.102. The number of carbonyl (C=O) groups excluding carboxylic acids is 1. The quantitative estimate of drug-likeness (QED) is 0.0755. The molecule has 1 unspecified atom stereocenters. The summed E-state index contributed by atoms with van der Waals surface area (Å²) in [6, 6.07) is 36.8. The molecule has 0 radical (unpaired) electrons. The fraction of sp³-hybridized carbons (Fsp3) is 0.289. The maximum Gasteiger partial charge on any atom is 0.212 e. The Kier molecular flexibility index (Phi) is 10.6. The largest absolute Gasteiger partial charge is 0.289 e. The highest BCUT2D eigenvalue weighted by Crippen LogP contribution is 2.43. The van der Waals surface area contributed by atoms with E-state index >= 15 is 0 Å².